The standard InChI is InChI=1S/C21H29N5O2/c1-4-28-21(27)26-13-10-16(11-14-26)23-20-22-12-9-19(25-20)24-18-8-6-5-7-17(18)15(2)3/h5-9,12,15-16H,4,10-11,13-14H2,1-3H3,(H2,22,23,24,25). The summed E-state index contributed by atoms with van der Waals surface area (Å²) in [6.45, 7) is 7.94. The average molecular weight is 383 g/mol. The van der Waals surface area contributed by atoms with Crippen LogP contribution in [0.4, 0.5) is 22.2 Å². The van der Waals surface area contributed by atoms with Gasteiger partial charge < -0.3 is 20.3 Å². The summed E-state index contributed by atoms with van der Waals surface area (Å²) in [6.07, 6.45) is 3.21. The number of carbonyl (C=O) groups is 1. The Kier molecular flexibility index (Phi) is 6.68. The van der Waals surface area contributed by atoms with Crippen LogP contribution in [0, 0.1) is 0 Å². The number of amides is 1. The van der Waals surface area contributed by atoms with E-state index in [-0.39, 0.29) is 12.1 Å². The number of likely N-dealkylation sites (tertiary alicyclic amines) is 1. The summed E-state index contributed by atoms with van der Waals surface area (Å²) in [5.74, 6) is 1.78. The van der Waals surface area contributed by atoms with E-state index >= 15 is 0 Å². The van der Waals surface area contributed by atoms with E-state index in [1.165, 1.54) is 5.56 Å². The van der Waals surface area contributed by atoms with Crippen molar-refractivity contribution in [2.75, 3.05) is 30.3 Å². The zero-order valence-electron chi connectivity index (χ0n) is 16.8. The summed E-state index contributed by atoms with van der Waals surface area (Å²) >= 11 is 0. The minimum absolute atomic E-state index is 0.229. The number of rotatable bonds is 6. The van der Waals surface area contributed by atoms with Gasteiger partial charge >= 0.3 is 6.09 Å². The van der Waals surface area contributed by atoms with Crippen LogP contribution in [-0.2, 0) is 4.74 Å². The highest BCUT2D eigenvalue weighted by Crippen LogP contribution is 2.26. The van der Waals surface area contributed by atoms with E-state index in [1.807, 2.05) is 19.1 Å². The second kappa shape index (κ2) is 9.39. The number of nitrogens with one attached hydrogen (secondary N) is 2. The molecule has 0 bridgehead atoms. The molecule has 0 saturated carbocycles. The van der Waals surface area contributed by atoms with Gasteiger partial charge in [-0.05, 0) is 43.4 Å². The Morgan fingerprint density at radius 2 is 2.00 bits per heavy atom. The van der Waals surface area contributed by atoms with Crippen molar-refractivity contribution in [2.45, 2.75) is 45.6 Å². The summed E-state index contributed by atoms with van der Waals surface area (Å²) in [6, 6.07) is 10.4. The minimum atomic E-state index is -0.229. The summed E-state index contributed by atoms with van der Waals surface area (Å²) in [5.41, 5.74) is 2.31. The predicted molar refractivity (Wildman–Crippen MR) is 111 cm³/mol. The third kappa shape index (κ3) is 5.12. The van der Waals surface area contributed by atoms with Gasteiger partial charge in [-0.2, -0.15) is 4.98 Å². The molecular weight excluding hydrogens is 354 g/mol. The number of anilines is 3. The fourth-order valence-corrected chi connectivity index (χ4v) is 3.35. The molecule has 0 aliphatic carbocycles. The summed E-state index contributed by atoms with van der Waals surface area (Å²) in [5, 5.41) is 6.80. The van der Waals surface area contributed by atoms with Crippen molar-refractivity contribution in [3.8, 4) is 0 Å². The lowest BCUT2D eigenvalue weighted by atomic mass is 10.0. The fourth-order valence-electron chi connectivity index (χ4n) is 3.35. The monoisotopic (exact) mass is 383 g/mol. The van der Waals surface area contributed by atoms with E-state index in [2.05, 4.69) is 52.6 Å². The molecule has 28 heavy (non-hydrogen) atoms. The van der Waals surface area contributed by atoms with Gasteiger partial charge in [-0.3, -0.25) is 0 Å². The maximum atomic E-state index is 11.8. The molecule has 0 atom stereocenters. The third-order valence-corrected chi connectivity index (χ3v) is 4.86. The van der Waals surface area contributed by atoms with Crippen molar-refractivity contribution in [1.29, 1.82) is 0 Å². The molecule has 1 fully saturated rings. The van der Waals surface area contributed by atoms with Gasteiger partial charge in [0.25, 0.3) is 0 Å². The Balaban J connectivity index is 1.60. The zero-order valence-corrected chi connectivity index (χ0v) is 16.8. The van der Waals surface area contributed by atoms with Crippen molar-refractivity contribution in [3.63, 3.8) is 0 Å². The molecule has 0 unspecified atom stereocenters. The summed E-state index contributed by atoms with van der Waals surface area (Å²) in [4.78, 5) is 22.5. The first-order valence-electron chi connectivity index (χ1n) is 9.94. The number of piperidine rings is 1. The normalized spacial score (nSPS) is 14.8. The van der Waals surface area contributed by atoms with Gasteiger partial charge in [-0.25, -0.2) is 9.78 Å². The van der Waals surface area contributed by atoms with Gasteiger partial charge in [-0.15, -0.1) is 0 Å². The lowest BCUT2D eigenvalue weighted by molar-refractivity contribution is 0.0983. The number of para-hydroxylation sites is 1. The Labute approximate surface area is 166 Å². The molecule has 1 aliphatic rings. The van der Waals surface area contributed by atoms with E-state index in [0.717, 1.165) is 24.3 Å². The highest BCUT2D eigenvalue weighted by molar-refractivity contribution is 5.67. The Hall–Kier alpha value is -2.83. The number of nitrogens with zero attached hydrogens (tertiary/aromatic N) is 3. The molecule has 1 aromatic heterocycles. The highest BCUT2D eigenvalue weighted by Gasteiger charge is 2.24. The van der Waals surface area contributed by atoms with Crippen LogP contribution in [0.1, 0.15) is 45.1 Å². The van der Waals surface area contributed by atoms with Crippen LogP contribution in [0.15, 0.2) is 36.5 Å². The number of carbonyl (C=O) groups excluding carboxylic acids is 1. The largest absolute Gasteiger partial charge is 0.450 e. The fraction of sp³-hybridized carbons (Fsp3) is 0.476. The molecular formula is C21H29N5O2. The first kappa shape index (κ1) is 19.9. The lowest BCUT2D eigenvalue weighted by Gasteiger charge is -2.31. The van der Waals surface area contributed by atoms with Crippen LogP contribution in [0.25, 0.3) is 0 Å². The van der Waals surface area contributed by atoms with Gasteiger partial charge in [0.15, 0.2) is 0 Å². The van der Waals surface area contributed by atoms with Crippen molar-refractivity contribution < 1.29 is 9.53 Å². The molecule has 1 amide bonds. The Morgan fingerprint density at radius 3 is 2.71 bits per heavy atom. The van der Waals surface area contributed by atoms with Crippen LogP contribution in [0.5, 0.6) is 0 Å². The Morgan fingerprint density at radius 1 is 1.25 bits per heavy atom. The number of benzene rings is 1. The third-order valence-electron chi connectivity index (χ3n) is 4.86. The van der Waals surface area contributed by atoms with E-state index in [1.54, 1.807) is 11.1 Å². The molecule has 3 rings (SSSR count). The number of ether oxygens (including phenoxy) is 1. The number of aromatic nitrogens is 2. The van der Waals surface area contributed by atoms with E-state index < -0.39 is 0 Å². The van der Waals surface area contributed by atoms with Gasteiger partial charge in [0.05, 0.1) is 6.61 Å². The van der Waals surface area contributed by atoms with Crippen LogP contribution in [-0.4, -0.2) is 46.7 Å². The maximum absolute atomic E-state index is 11.8. The molecule has 1 saturated heterocycles. The molecule has 1 aromatic carbocycles. The van der Waals surface area contributed by atoms with Crippen molar-refractivity contribution in [2.24, 2.45) is 0 Å². The average Bonchev–Trinajstić information content (AvgIpc) is 2.69. The highest BCUT2D eigenvalue weighted by atomic mass is 16.6. The van der Waals surface area contributed by atoms with E-state index in [4.69, 9.17) is 4.74 Å². The number of hydrogen-bond acceptors (Lipinski definition) is 6. The molecule has 7 heteroatoms. The van der Waals surface area contributed by atoms with Crippen LogP contribution in [0.2, 0.25) is 0 Å². The predicted octanol–water partition coefficient (Wildman–Crippen LogP) is 4.38. The van der Waals surface area contributed by atoms with E-state index in [9.17, 15) is 4.79 Å². The van der Waals surface area contributed by atoms with Crippen LogP contribution < -0.4 is 10.6 Å². The molecule has 2 aromatic rings. The van der Waals surface area contributed by atoms with Crippen molar-refractivity contribution in [3.05, 3.63) is 42.1 Å². The van der Waals surface area contributed by atoms with Gasteiger partial charge in [-0.1, -0.05) is 32.0 Å². The first-order valence-corrected chi connectivity index (χ1v) is 9.94. The molecule has 150 valence electrons. The zero-order chi connectivity index (χ0) is 19.9. The second-order valence-corrected chi connectivity index (χ2v) is 7.24. The number of hydrogen-bond donors (Lipinski definition) is 2. The maximum Gasteiger partial charge on any atom is 0.409 e. The smallest absolute Gasteiger partial charge is 0.409 e. The first-order chi connectivity index (χ1) is 13.6. The minimum Gasteiger partial charge on any atom is -0.450 e. The quantitative estimate of drug-likeness (QED) is 0.771. The van der Waals surface area contributed by atoms with Crippen LogP contribution in [0.3, 0.4) is 0 Å². The molecule has 0 spiro atoms. The molecule has 2 N–H and O–H groups in total. The SMILES string of the molecule is CCOC(=O)N1CCC(Nc2nccc(Nc3ccccc3C(C)C)n2)CC1. The second-order valence-electron chi connectivity index (χ2n) is 7.24. The molecule has 7 nitrogen and oxygen atoms in total. The van der Waals surface area contributed by atoms with Crippen molar-refractivity contribution >= 4 is 23.5 Å². The molecule has 2 heterocycles. The van der Waals surface area contributed by atoms with Crippen LogP contribution >= 0.6 is 0 Å². The molecule has 0 radical (unpaired) electrons. The summed E-state index contributed by atoms with van der Waals surface area (Å²) < 4.78 is 5.07. The summed E-state index contributed by atoms with van der Waals surface area (Å²) in [7, 11) is 0. The topological polar surface area (TPSA) is 79.4 Å². The van der Waals surface area contributed by atoms with E-state index in [0.29, 0.717) is 31.6 Å². The Bertz CT molecular complexity index is 788. The van der Waals surface area contributed by atoms with Gasteiger partial charge in [0.2, 0.25) is 5.95 Å². The van der Waals surface area contributed by atoms with Crippen molar-refractivity contribution in [1.82, 2.24) is 14.9 Å². The molecule has 1 aliphatic heterocycles. The lowest BCUT2D eigenvalue weighted by Crippen LogP contribution is -2.42. The van der Waals surface area contributed by atoms with Gasteiger partial charge in [0, 0.05) is 31.0 Å². The van der Waals surface area contributed by atoms with Gasteiger partial charge in [0.1, 0.15) is 5.82 Å².